The van der Waals surface area contributed by atoms with Crippen LogP contribution in [-0.2, 0) is 11.3 Å². The summed E-state index contributed by atoms with van der Waals surface area (Å²) in [5, 5.41) is 2.78. The van der Waals surface area contributed by atoms with E-state index in [0.717, 1.165) is 38.5 Å². The monoisotopic (exact) mass is 507 g/mol. The van der Waals surface area contributed by atoms with Crippen LogP contribution in [-0.4, -0.2) is 59.3 Å². The van der Waals surface area contributed by atoms with Crippen LogP contribution in [0.15, 0.2) is 97.3 Å². The van der Waals surface area contributed by atoms with Crippen molar-refractivity contribution in [3.05, 3.63) is 114 Å². The lowest BCUT2D eigenvalue weighted by Gasteiger charge is -2.35. The molecule has 0 unspecified atom stereocenters. The van der Waals surface area contributed by atoms with Crippen molar-refractivity contribution in [3.8, 4) is 5.75 Å². The summed E-state index contributed by atoms with van der Waals surface area (Å²) in [5.41, 5.74) is 2.49. The number of ketones is 1. The third-order valence-electron chi connectivity index (χ3n) is 6.39. The standard InChI is InChI=1S/C30H29N5O3/c36-29(21-38-26-13-11-25(12-14-26)30(37)24-9-5-2-6-10-24)33-27-19-28(32-22-31-27)35-17-15-34(16-18-35)20-23-7-3-1-4-8-23/h1-14,19,22H,15-18,20-21H2,(H,31,32,33,36). The van der Waals surface area contributed by atoms with E-state index in [2.05, 4.69) is 49.4 Å². The molecular formula is C30H29N5O3. The molecule has 1 aliphatic heterocycles. The van der Waals surface area contributed by atoms with Gasteiger partial charge in [0, 0.05) is 49.9 Å². The lowest BCUT2D eigenvalue weighted by atomic mass is 10.0. The number of aromatic nitrogens is 2. The number of anilines is 2. The highest BCUT2D eigenvalue weighted by Crippen LogP contribution is 2.18. The van der Waals surface area contributed by atoms with Gasteiger partial charge < -0.3 is 15.0 Å². The molecule has 1 N–H and O–H groups in total. The molecule has 0 bridgehead atoms. The van der Waals surface area contributed by atoms with Crippen LogP contribution in [0.3, 0.4) is 0 Å². The van der Waals surface area contributed by atoms with Crippen LogP contribution in [0.25, 0.3) is 0 Å². The predicted octanol–water partition coefficient (Wildman–Crippen LogP) is 4.05. The van der Waals surface area contributed by atoms with Crippen LogP contribution in [0.4, 0.5) is 11.6 Å². The molecule has 1 fully saturated rings. The minimum Gasteiger partial charge on any atom is -0.484 e. The van der Waals surface area contributed by atoms with E-state index in [1.807, 2.05) is 24.3 Å². The number of rotatable bonds is 9. The summed E-state index contributed by atoms with van der Waals surface area (Å²) in [6, 6.07) is 28.1. The number of piperazine rings is 1. The summed E-state index contributed by atoms with van der Waals surface area (Å²) < 4.78 is 5.60. The fourth-order valence-corrected chi connectivity index (χ4v) is 4.35. The first kappa shape index (κ1) is 25.1. The molecule has 1 aromatic heterocycles. The number of nitrogens with zero attached hydrogens (tertiary/aromatic N) is 4. The SMILES string of the molecule is O=C(COc1ccc(C(=O)c2ccccc2)cc1)Nc1cc(N2CCN(Cc3ccccc3)CC2)ncn1. The molecule has 2 heterocycles. The van der Waals surface area contributed by atoms with Gasteiger partial charge in [-0.3, -0.25) is 14.5 Å². The highest BCUT2D eigenvalue weighted by molar-refractivity contribution is 6.09. The predicted molar refractivity (Wildman–Crippen MR) is 146 cm³/mol. The van der Waals surface area contributed by atoms with Crippen LogP contribution in [0.2, 0.25) is 0 Å². The lowest BCUT2D eigenvalue weighted by molar-refractivity contribution is -0.118. The summed E-state index contributed by atoms with van der Waals surface area (Å²) in [6.07, 6.45) is 1.46. The molecule has 8 nitrogen and oxygen atoms in total. The normalized spacial score (nSPS) is 13.6. The van der Waals surface area contributed by atoms with Gasteiger partial charge in [0.2, 0.25) is 0 Å². The average Bonchev–Trinajstić information content (AvgIpc) is 2.97. The molecule has 192 valence electrons. The summed E-state index contributed by atoms with van der Waals surface area (Å²) >= 11 is 0. The molecule has 4 aromatic rings. The molecular weight excluding hydrogens is 478 g/mol. The molecule has 0 radical (unpaired) electrons. The molecule has 3 aromatic carbocycles. The van der Waals surface area contributed by atoms with Gasteiger partial charge in [-0.1, -0.05) is 60.7 Å². The topological polar surface area (TPSA) is 87.7 Å². The molecule has 1 saturated heterocycles. The maximum Gasteiger partial charge on any atom is 0.263 e. The molecule has 0 spiro atoms. The van der Waals surface area contributed by atoms with E-state index in [9.17, 15) is 9.59 Å². The van der Waals surface area contributed by atoms with E-state index in [-0.39, 0.29) is 18.3 Å². The van der Waals surface area contributed by atoms with Gasteiger partial charge >= 0.3 is 0 Å². The minimum atomic E-state index is -0.327. The number of ether oxygens (including phenoxy) is 1. The Morgan fingerprint density at radius 2 is 1.45 bits per heavy atom. The first-order valence-electron chi connectivity index (χ1n) is 12.6. The van der Waals surface area contributed by atoms with Crippen molar-refractivity contribution in [1.82, 2.24) is 14.9 Å². The molecule has 1 amide bonds. The van der Waals surface area contributed by atoms with Crippen LogP contribution in [0, 0.1) is 0 Å². The van der Waals surface area contributed by atoms with Gasteiger partial charge in [-0.25, -0.2) is 9.97 Å². The Balaban J connectivity index is 1.09. The van der Waals surface area contributed by atoms with Gasteiger partial charge in [0.25, 0.3) is 5.91 Å². The van der Waals surface area contributed by atoms with Crippen molar-refractivity contribution < 1.29 is 14.3 Å². The Hall–Kier alpha value is -4.56. The smallest absolute Gasteiger partial charge is 0.263 e. The number of carbonyl (C=O) groups excluding carboxylic acids is 2. The number of hydrogen-bond acceptors (Lipinski definition) is 7. The van der Waals surface area contributed by atoms with E-state index in [0.29, 0.717) is 22.7 Å². The molecule has 8 heteroatoms. The summed E-state index contributed by atoms with van der Waals surface area (Å²) in [4.78, 5) is 38.2. The van der Waals surface area contributed by atoms with Gasteiger partial charge in [-0.2, -0.15) is 0 Å². The Kier molecular flexibility index (Phi) is 8.01. The van der Waals surface area contributed by atoms with Crippen molar-refractivity contribution in [2.75, 3.05) is 43.0 Å². The number of amides is 1. The van der Waals surface area contributed by atoms with Crippen LogP contribution >= 0.6 is 0 Å². The van der Waals surface area contributed by atoms with Crippen molar-refractivity contribution >= 4 is 23.3 Å². The number of nitrogens with one attached hydrogen (secondary N) is 1. The summed E-state index contributed by atoms with van der Waals surface area (Å²) in [7, 11) is 0. The van der Waals surface area contributed by atoms with Crippen molar-refractivity contribution in [2.24, 2.45) is 0 Å². The largest absolute Gasteiger partial charge is 0.484 e. The second kappa shape index (κ2) is 12.1. The van der Waals surface area contributed by atoms with Crippen molar-refractivity contribution in [3.63, 3.8) is 0 Å². The van der Waals surface area contributed by atoms with Gasteiger partial charge in [0.1, 0.15) is 23.7 Å². The highest BCUT2D eigenvalue weighted by atomic mass is 16.5. The zero-order valence-electron chi connectivity index (χ0n) is 21.0. The highest BCUT2D eigenvalue weighted by Gasteiger charge is 2.19. The fourth-order valence-electron chi connectivity index (χ4n) is 4.35. The second-order valence-electron chi connectivity index (χ2n) is 9.07. The van der Waals surface area contributed by atoms with E-state index in [1.54, 1.807) is 42.5 Å². The third kappa shape index (κ3) is 6.60. The number of hydrogen-bond donors (Lipinski definition) is 1. The van der Waals surface area contributed by atoms with Gasteiger partial charge in [0.15, 0.2) is 12.4 Å². The summed E-state index contributed by atoms with van der Waals surface area (Å²) in [6.45, 7) is 4.33. The average molecular weight is 508 g/mol. The molecule has 0 atom stereocenters. The molecule has 0 aliphatic carbocycles. The molecule has 5 rings (SSSR count). The van der Waals surface area contributed by atoms with Crippen LogP contribution < -0.4 is 15.0 Å². The molecule has 0 saturated carbocycles. The van der Waals surface area contributed by atoms with E-state index >= 15 is 0 Å². The zero-order chi connectivity index (χ0) is 26.2. The Morgan fingerprint density at radius 1 is 0.789 bits per heavy atom. The van der Waals surface area contributed by atoms with Crippen molar-refractivity contribution in [2.45, 2.75) is 6.54 Å². The fraction of sp³-hybridized carbons (Fsp3) is 0.200. The van der Waals surface area contributed by atoms with Crippen molar-refractivity contribution in [1.29, 1.82) is 0 Å². The Labute approximate surface area is 221 Å². The van der Waals surface area contributed by atoms with Crippen LogP contribution in [0.1, 0.15) is 21.5 Å². The number of carbonyl (C=O) groups is 2. The van der Waals surface area contributed by atoms with Crippen LogP contribution in [0.5, 0.6) is 5.75 Å². The first-order chi connectivity index (χ1) is 18.6. The van der Waals surface area contributed by atoms with Gasteiger partial charge in [-0.15, -0.1) is 0 Å². The number of benzene rings is 3. The maximum absolute atomic E-state index is 12.5. The zero-order valence-corrected chi connectivity index (χ0v) is 21.0. The quantitative estimate of drug-likeness (QED) is 0.342. The van der Waals surface area contributed by atoms with E-state index < -0.39 is 0 Å². The van der Waals surface area contributed by atoms with Gasteiger partial charge in [0.05, 0.1) is 0 Å². The molecule has 1 aliphatic rings. The Morgan fingerprint density at radius 3 is 2.16 bits per heavy atom. The lowest BCUT2D eigenvalue weighted by Crippen LogP contribution is -2.46. The van der Waals surface area contributed by atoms with Gasteiger partial charge in [-0.05, 0) is 29.8 Å². The Bertz CT molecular complexity index is 1360. The summed E-state index contributed by atoms with van der Waals surface area (Å²) in [5.74, 6) is 1.33. The maximum atomic E-state index is 12.5. The minimum absolute atomic E-state index is 0.0629. The molecule has 38 heavy (non-hydrogen) atoms. The van der Waals surface area contributed by atoms with E-state index in [4.69, 9.17) is 4.74 Å². The first-order valence-corrected chi connectivity index (χ1v) is 12.6. The third-order valence-corrected chi connectivity index (χ3v) is 6.39. The second-order valence-corrected chi connectivity index (χ2v) is 9.07. The van der Waals surface area contributed by atoms with E-state index in [1.165, 1.54) is 11.9 Å².